The minimum Gasteiger partial charge on any atom is -0.369 e. The van der Waals surface area contributed by atoms with Crippen LogP contribution in [-0.4, -0.2) is 90.7 Å². The zero-order chi connectivity index (χ0) is 22.1. The second-order valence-corrected chi connectivity index (χ2v) is 8.61. The molecule has 0 unspecified atom stereocenters. The first kappa shape index (κ1) is 24.5. The number of carbonyl (C=O) groups is 1. The molecule has 1 fully saturated rings. The van der Waals surface area contributed by atoms with E-state index in [0.717, 1.165) is 26.2 Å². The molecule has 11 heteroatoms. The molecule has 164 valence electrons. The van der Waals surface area contributed by atoms with E-state index in [-0.39, 0.29) is 16.8 Å². The number of nitriles is 1. The van der Waals surface area contributed by atoms with E-state index in [2.05, 4.69) is 54.0 Å². The van der Waals surface area contributed by atoms with Crippen LogP contribution in [0.5, 0.6) is 0 Å². The summed E-state index contributed by atoms with van der Waals surface area (Å²) in [6, 6.07) is 4.69. The predicted octanol–water partition coefficient (Wildman–Crippen LogP) is 2.04. The molecule has 1 heterocycles. The van der Waals surface area contributed by atoms with Crippen LogP contribution in [0.25, 0.3) is 0 Å². The highest BCUT2D eigenvalue weighted by atomic mass is 79.9. The Morgan fingerprint density at radius 3 is 2.43 bits per heavy atom. The molecule has 1 aliphatic rings. The van der Waals surface area contributed by atoms with Crippen molar-refractivity contribution in [2.75, 3.05) is 75.0 Å². The van der Waals surface area contributed by atoms with Crippen molar-refractivity contribution in [2.24, 2.45) is 0 Å². The highest BCUT2D eigenvalue weighted by molar-refractivity contribution is 9.09. The molecule has 0 aliphatic carbocycles. The fraction of sp³-hybridized carbons (Fsp3) is 0.579. The summed E-state index contributed by atoms with van der Waals surface area (Å²) in [5.74, 6) is -0.501. The number of carbonyl (C=O) groups excluding carboxylic acids is 1. The second kappa shape index (κ2) is 12.2. The van der Waals surface area contributed by atoms with E-state index in [1.807, 2.05) is 11.0 Å². The molecule has 1 saturated heterocycles. The molecular formula is C19H26Br2N6O3. The van der Waals surface area contributed by atoms with Crippen molar-refractivity contribution < 1.29 is 9.72 Å². The maximum absolute atomic E-state index is 12.8. The normalized spacial score (nSPS) is 14.9. The fourth-order valence-electron chi connectivity index (χ4n) is 3.31. The highest BCUT2D eigenvalue weighted by Crippen LogP contribution is 2.29. The van der Waals surface area contributed by atoms with Gasteiger partial charge in [-0.25, -0.2) is 0 Å². The molecule has 1 N–H and O–H groups in total. The molecular weight excluding hydrogens is 520 g/mol. The molecule has 2 rings (SSSR count). The number of halogens is 2. The molecule has 1 aromatic carbocycles. The van der Waals surface area contributed by atoms with E-state index >= 15 is 0 Å². The lowest BCUT2D eigenvalue weighted by Gasteiger charge is -2.32. The Bertz CT molecular complexity index is 787. The third kappa shape index (κ3) is 6.63. The lowest BCUT2D eigenvalue weighted by molar-refractivity contribution is -0.385. The van der Waals surface area contributed by atoms with Crippen molar-refractivity contribution in [2.45, 2.75) is 0 Å². The van der Waals surface area contributed by atoms with Gasteiger partial charge < -0.3 is 15.1 Å². The van der Waals surface area contributed by atoms with Gasteiger partial charge in [0.05, 0.1) is 16.2 Å². The first-order valence-electron chi connectivity index (χ1n) is 9.69. The molecule has 0 atom stereocenters. The number of anilines is 1. The summed E-state index contributed by atoms with van der Waals surface area (Å²) >= 11 is 6.78. The van der Waals surface area contributed by atoms with E-state index in [1.165, 1.54) is 12.1 Å². The summed E-state index contributed by atoms with van der Waals surface area (Å²) < 4.78 is 0. The average molecular weight is 546 g/mol. The summed E-state index contributed by atoms with van der Waals surface area (Å²) in [5, 5.41) is 25.2. The van der Waals surface area contributed by atoms with Crippen LogP contribution in [0.3, 0.4) is 0 Å². The van der Waals surface area contributed by atoms with Gasteiger partial charge in [-0.2, -0.15) is 5.26 Å². The Balaban J connectivity index is 2.21. The Labute approximate surface area is 193 Å². The molecule has 0 saturated carbocycles. The Hall–Kier alpha value is -1.74. The van der Waals surface area contributed by atoms with Gasteiger partial charge >= 0.3 is 0 Å². The number of benzene rings is 1. The number of nitro benzene ring substituents is 1. The van der Waals surface area contributed by atoms with Crippen LogP contribution in [0, 0.1) is 21.4 Å². The van der Waals surface area contributed by atoms with E-state index < -0.39 is 10.8 Å². The van der Waals surface area contributed by atoms with Gasteiger partial charge in [-0.3, -0.25) is 19.8 Å². The molecule has 1 aromatic rings. The molecule has 0 spiro atoms. The molecule has 0 bridgehead atoms. The zero-order valence-corrected chi connectivity index (χ0v) is 20.1. The van der Waals surface area contributed by atoms with Gasteiger partial charge in [-0.05, 0) is 13.1 Å². The number of hydrogen-bond acceptors (Lipinski definition) is 7. The van der Waals surface area contributed by atoms with Gasteiger partial charge in [0, 0.05) is 69.1 Å². The number of nitro groups is 1. The monoisotopic (exact) mass is 544 g/mol. The average Bonchev–Trinajstić information content (AvgIpc) is 2.73. The number of hydrogen-bond donors (Lipinski definition) is 1. The molecule has 30 heavy (non-hydrogen) atoms. The van der Waals surface area contributed by atoms with Crippen LogP contribution in [0.4, 0.5) is 11.4 Å². The SMILES string of the molecule is CN1CCN(CCNC(=O)c2cc(N(CCBr)CCBr)c(C#N)cc2[N+](=O)[O-])CC1. The number of amides is 1. The quantitative estimate of drug-likeness (QED) is 0.272. The Kier molecular flexibility index (Phi) is 9.97. The molecule has 1 aliphatic heterocycles. The van der Waals surface area contributed by atoms with Crippen molar-refractivity contribution in [3.8, 4) is 6.07 Å². The largest absolute Gasteiger partial charge is 0.369 e. The molecule has 0 radical (unpaired) electrons. The van der Waals surface area contributed by atoms with Gasteiger partial charge in [-0.15, -0.1) is 0 Å². The second-order valence-electron chi connectivity index (χ2n) is 7.02. The van der Waals surface area contributed by atoms with Crippen molar-refractivity contribution in [1.29, 1.82) is 5.26 Å². The Morgan fingerprint density at radius 2 is 1.90 bits per heavy atom. The number of nitrogens with zero attached hydrogens (tertiary/aromatic N) is 5. The Morgan fingerprint density at radius 1 is 1.27 bits per heavy atom. The van der Waals surface area contributed by atoms with Crippen LogP contribution in [0.1, 0.15) is 15.9 Å². The third-order valence-corrected chi connectivity index (χ3v) is 5.74. The summed E-state index contributed by atoms with van der Waals surface area (Å²) in [5.41, 5.74) is 0.315. The fourth-order valence-corrected chi connectivity index (χ4v) is 4.17. The standard InChI is InChI=1S/C19H26Br2N6O3/c1-24-8-10-25(11-9-24)7-4-23-19(28)16-13-17(26(5-2-20)6-3-21)15(14-22)12-18(16)27(29)30/h12-13H,2-11H2,1H3,(H,23,28). The van der Waals surface area contributed by atoms with Gasteiger partial charge in [0.2, 0.25) is 0 Å². The molecule has 0 aromatic heterocycles. The molecule has 1 amide bonds. The smallest absolute Gasteiger partial charge is 0.283 e. The summed E-state index contributed by atoms with van der Waals surface area (Å²) in [6.45, 7) is 6.12. The van der Waals surface area contributed by atoms with Gasteiger partial charge in [0.15, 0.2) is 0 Å². The minimum absolute atomic E-state index is 0.0264. The van der Waals surface area contributed by atoms with Crippen molar-refractivity contribution in [3.63, 3.8) is 0 Å². The lowest BCUT2D eigenvalue weighted by atomic mass is 10.1. The third-order valence-electron chi connectivity index (χ3n) is 5.03. The van der Waals surface area contributed by atoms with Crippen LogP contribution in [-0.2, 0) is 0 Å². The highest BCUT2D eigenvalue weighted by Gasteiger charge is 2.25. The van der Waals surface area contributed by atoms with E-state index in [9.17, 15) is 20.2 Å². The maximum Gasteiger partial charge on any atom is 0.283 e. The van der Waals surface area contributed by atoms with Crippen LogP contribution < -0.4 is 10.2 Å². The van der Waals surface area contributed by atoms with Crippen LogP contribution in [0.2, 0.25) is 0 Å². The zero-order valence-electron chi connectivity index (χ0n) is 16.9. The summed E-state index contributed by atoms with van der Waals surface area (Å²) in [4.78, 5) is 30.2. The van der Waals surface area contributed by atoms with E-state index in [0.29, 0.717) is 42.5 Å². The number of nitrogens with one attached hydrogen (secondary N) is 1. The van der Waals surface area contributed by atoms with Gasteiger partial charge in [-0.1, -0.05) is 31.9 Å². The maximum atomic E-state index is 12.8. The minimum atomic E-state index is -0.612. The van der Waals surface area contributed by atoms with Crippen molar-refractivity contribution >= 4 is 49.1 Å². The number of likely N-dealkylation sites (N-methyl/N-ethyl adjacent to an activating group) is 1. The predicted molar refractivity (Wildman–Crippen MR) is 124 cm³/mol. The van der Waals surface area contributed by atoms with Gasteiger partial charge in [0.25, 0.3) is 11.6 Å². The van der Waals surface area contributed by atoms with Crippen LogP contribution in [0.15, 0.2) is 12.1 Å². The number of rotatable bonds is 10. The van der Waals surface area contributed by atoms with Gasteiger partial charge in [0.1, 0.15) is 11.6 Å². The summed E-state index contributed by atoms with van der Waals surface area (Å²) in [7, 11) is 2.08. The summed E-state index contributed by atoms with van der Waals surface area (Å²) in [6.07, 6.45) is 0. The van der Waals surface area contributed by atoms with E-state index in [1.54, 1.807) is 0 Å². The topological polar surface area (TPSA) is 106 Å². The number of alkyl halides is 2. The van der Waals surface area contributed by atoms with Crippen LogP contribution >= 0.6 is 31.9 Å². The van der Waals surface area contributed by atoms with Crippen molar-refractivity contribution in [1.82, 2.24) is 15.1 Å². The first-order valence-corrected chi connectivity index (χ1v) is 11.9. The van der Waals surface area contributed by atoms with Crippen molar-refractivity contribution in [3.05, 3.63) is 33.4 Å². The first-order chi connectivity index (χ1) is 14.4. The lowest BCUT2D eigenvalue weighted by Crippen LogP contribution is -2.46. The number of piperazine rings is 1. The van der Waals surface area contributed by atoms with E-state index in [4.69, 9.17) is 0 Å². The molecule has 9 nitrogen and oxygen atoms in total.